The molecule has 0 radical (unpaired) electrons. The number of rotatable bonds is 5. The van der Waals surface area contributed by atoms with Gasteiger partial charge in [0, 0.05) is 12.1 Å². The minimum atomic E-state index is -0.592. The maximum absolute atomic E-state index is 13.1. The maximum Gasteiger partial charge on any atom is 0.311 e. The first-order valence-electron chi connectivity index (χ1n) is 5.77. The second-order valence-corrected chi connectivity index (χ2v) is 3.94. The lowest BCUT2D eigenvalue weighted by molar-refractivity contribution is -0.384. The van der Waals surface area contributed by atoms with Crippen LogP contribution in [0.25, 0.3) is 0 Å². The zero-order valence-electron chi connectivity index (χ0n) is 11.0. The lowest BCUT2D eigenvalue weighted by Crippen LogP contribution is -2.10. The van der Waals surface area contributed by atoms with E-state index < -0.39 is 10.7 Å². The Bertz CT molecular complexity index is 680. The topological polar surface area (TPSA) is 115 Å². The van der Waals surface area contributed by atoms with Crippen molar-refractivity contribution in [1.82, 2.24) is 4.98 Å². The average Bonchev–Trinajstić information content (AvgIpc) is 2.48. The SMILES string of the molecule is COc1cc(F)ccc1Nc1nc(NN)ccc1[N+](=O)[O-]. The Hall–Kier alpha value is -2.94. The van der Waals surface area contributed by atoms with Crippen molar-refractivity contribution < 1.29 is 14.1 Å². The number of methoxy groups -OCH3 is 1. The van der Waals surface area contributed by atoms with E-state index in [0.717, 1.165) is 6.07 Å². The standard InChI is InChI=1S/C12H12FN5O3/c1-21-10-6-7(13)2-3-8(10)15-12-9(18(19)20)4-5-11(16-12)17-14/h2-6H,14H2,1H3,(H2,15,16,17). The van der Waals surface area contributed by atoms with Crippen LogP contribution in [0.5, 0.6) is 5.75 Å². The number of nitrogens with one attached hydrogen (secondary N) is 2. The molecule has 0 aliphatic rings. The summed E-state index contributed by atoms with van der Waals surface area (Å²) in [7, 11) is 1.36. The van der Waals surface area contributed by atoms with E-state index in [2.05, 4.69) is 15.7 Å². The predicted molar refractivity (Wildman–Crippen MR) is 74.9 cm³/mol. The van der Waals surface area contributed by atoms with Gasteiger partial charge in [-0.2, -0.15) is 0 Å². The Morgan fingerprint density at radius 1 is 1.38 bits per heavy atom. The summed E-state index contributed by atoms with van der Waals surface area (Å²) >= 11 is 0. The lowest BCUT2D eigenvalue weighted by Gasteiger charge is -2.11. The van der Waals surface area contributed by atoms with E-state index in [1.165, 1.54) is 31.4 Å². The molecule has 21 heavy (non-hydrogen) atoms. The van der Waals surface area contributed by atoms with Crippen LogP contribution in [0.2, 0.25) is 0 Å². The van der Waals surface area contributed by atoms with Gasteiger partial charge in [-0.1, -0.05) is 0 Å². The highest BCUT2D eigenvalue weighted by Gasteiger charge is 2.17. The molecule has 4 N–H and O–H groups in total. The fraction of sp³-hybridized carbons (Fsp3) is 0.0833. The number of benzene rings is 1. The Balaban J connectivity index is 2.45. The smallest absolute Gasteiger partial charge is 0.311 e. The van der Waals surface area contributed by atoms with E-state index in [1.807, 2.05) is 0 Å². The van der Waals surface area contributed by atoms with Gasteiger partial charge in [0.15, 0.2) is 0 Å². The molecule has 110 valence electrons. The van der Waals surface area contributed by atoms with Crippen LogP contribution < -0.4 is 21.3 Å². The molecule has 1 aromatic carbocycles. The number of nitrogens with two attached hydrogens (primary N) is 1. The summed E-state index contributed by atoms with van der Waals surface area (Å²) < 4.78 is 18.2. The van der Waals surface area contributed by atoms with Crippen molar-refractivity contribution >= 4 is 23.0 Å². The number of halogens is 1. The molecule has 0 unspecified atom stereocenters. The average molecular weight is 293 g/mol. The molecule has 0 amide bonds. The van der Waals surface area contributed by atoms with Gasteiger partial charge >= 0.3 is 5.69 Å². The van der Waals surface area contributed by atoms with E-state index in [1.54, 1.807) is 0 Å². The minimum Gasteiger partial charge on any atom is -0.494 e. The van der Waals surface area contributed by atoms with E-state index in [0.29, 0.717) is 5.69 Å². The molecule has 0 aliphatic carbocycles. The second kappa shape index (κ2) is 6.01. The van der Waals surface area contributed by atoms with Gasteiger partial charge < -0.3 is 15.5 Å². The highest BCUT2D eigenvalue weighted by Crippen LogP contribution is 2.32. The number of anilines is 3. The highest BCUT2D eigenvalue weighted by molar-refractivity contribution is 5.71. The number of pyridine rings is 1. The van der Waals surface area contributed by atoms with Crippen molar-refractivity contribution in [2.75, 3.05) is 17.9 Å². The third-order valence-electron chi connectivity index (χ3n) is 2.64. The van der Waals surface area contributed by atoms with Gasteiger partial charge in [0.25, 0.3) is 0 Å². The van der Waals surface area contributed by atoms with Gasteiger partial charge in [0.2, 0.25) is 5.82 Å². The lowest BCUT2D eigenvalue weighted by atomic mass is 10.2. The fourth-order valence-corrected chi connectivity index (χ4v) is 1.67. The van der Waals surface area contributed by atoms with Crippen LogP contribution in [-0.4, -0.2) is 17.0 Å². The molecule has 9 heteroatoms. The summed E-state index contributed by atoms with van der Waals surface area (Å²) in [4.78, 5) is 14.4. The molecule has 2 rings (SSSR count). The van der Waals surface area contributed by atoms with Crippen LogP contribution in [0.3, 0.4) is 0 Å². The molecule has 0 saturated carbocycles. The Labute approximate surface area is 118 Å². The van der Waals surface area contributed by atoms with Crippen molar-refractivity contribution in [2.24, 2.45) is 5.84 Å². The number of nitrogens with zero attached hydrogens (tertiary/aromatic N) is 2. The maximum atomic E-state index is 13.1. The summed E-state index contributed by atoms with van der Waals surface area (Å²) in [5.74, 6) is 5.13. The molecule has 1 aromatic heterocycles. The summed E-state index contributed by atoms with van der Waals surface area (Å²) in [5, 5.41) is 13.7. The van der Waals surface area contributed by atoms with E-state index >= 15 is 0 Å². The Morgan fingerprint density at radius 3 is 2.76 bits per heavy atom. The van der Waals surface area contributed by atoms with Crippen LogP contribution in [0.1, 0.15) is 0 Å². The van der Waals surface area contributed by atoms with Crippen molar-refractivity contribution in [1.29, 1.82) is 0 Å². The molecule has 1 heterocycles. The number of ether oxygens (including phenoxy) is 1. The quantitative estimate of drug-likeness (QED) is 0.439. The largest absolute Gasteiger partial charge is 0.494 e. The van der Waals surface area contributed by atoms with Crippen LogP contribution >= 0.6 is 0 Å². The molecule has 0 fully saturated rings. The predicted octanol–water partition coefficient (Wildman–Crippen LogP) is 2.17. The molecule has 2 aromatic rings. The number of aromatic nitrogens is 1. The van der Waals surface area contributed by atoms with Crippen molar-refractivity contribution in [2.45, 2.75) is 0 Å². The number of hydrogen-bond donors (Lipinski definition) is 3. The van der Waals surface area contributed by atoms with Crippen molar-refractivity contribution in [3.8, 4) is 5.75 Å². The number of nitro groups is 1. The summed E-state index contributed by atoms with van der Waals surface area (Å²) in [6, 6.07) is 6.36. The normalized spacial score (nSPS) is 10.0. The number of hydrazine groups is 1. The van der Waals surface area contributed by atoms with Crippen molar-refractivity contribution in [3.63, 3.8) is 0 Å². The molecule has 0 bridgehead atoms. The summed E-state index contributed by atoms with van der Waals surface area (Å²) in [6.07, 6.45) is 0. The van der Waals surface area contributed by atoms with E-state index in [9.17, 15) is 14.5 Å². The fourth-order valence-electron chi connectivity index (χ4n) is 1.67. The van der Waals surface area contributed by atoms with Gasteiger partial charge in [0.1, 0.15) is 17.4 Å². The van der Waals surface area contributed by atoms with Gasteiger partial charge in [-0.3, -0.25) is 10.1 Å². The monoisotopic (exact) mass is 293 g/mol. The Kier molecular flexibility index (Phi) is 4.14. The van der Waals surface area contributed by atoms with Crippen LogP contribution in [0.4, 0.5) is 27.4 Å². The third kappa shape index (κ3) is 3.15. The van der Waals surface area contributed by atoms with Crippen LogP contribution in [0.15, 0.2) is 30.3 Å². The van der Waals surface area contributed by atoms with Crippen molar-refractivity contribution in [3.05, 3.63) is 46.3 Å². The number of nitrogen functional groups attached to an aromatic ring is 1. The summed E-state index contributed by atoms with van der Waals surface area (Å²) in [5.41, 5.74) is 2.38. The first-order chi connectivity index (χ1) is 10.0. The van der Waals surface area contributed by atoms with Crippen LogP contribution in [0, 0.1) is 15.9 Å². The third-order valence-corrected chi connectivity index (χ3v) is 2.64. The first-order valence-corrected chi connectivity index (χ1v) is 5.77. The molecular weight excluding hydrogens is 281 g/mol. The van der Waals surface area contributed by atoms with Gasteiger partial charge in [-0.05, 0) is 18.2 Å². The summed E-state index contributed by atoms with van der Waals surface area (Å²) in [6.45, 7) is 0. The zero-order valence-corrected chi connectivity index (χ0v) is 11.0. The highest BCUT2D eigenvalue weighted by atomic mass is 19.1. The van der Waals surface area contributed by atoms with E-state index in [4.69, 9.17) is 10.6 Å². The first kappa shape index (κ1) is 14.5. The Morgan fingerprint density at radius 2 is 2.14 bits per heavy atom. The number of hydrogen-bond acceptors (Lipinski definition) is 7. The zero-order chi connectivity index (χ0) is 15.4. The van der Waals surface area contributed by atoms with Gasteiger partial charge in [0.05, 0.1) is 17.7 Å². The molecule has 0 spiro atoms. The molecule has 8 nitrogen and oxygen atoms in total. The second-order valence-electron chi connectivity index (χ2n) is 3.94. The molecule has 0 saturated heterocycles. The van der Waals surface area contributed by atoms with Crippen LogP contribution in [-0.2, 0) is 0 Å². The van der Waals surface area contributed by atoms with Gasteiger partial charge in [-0.25, -0.2) is 15.2 Å². The molecular formula is C12H12FN5O3. The van der Waals surface area contributed by atoms with Gasteiger partial charge in [-0.15, -0.1) is 0 Å². The minimum absolute atomic E-state index is 0.0413. The molecule has 0 atom stereocenters. The molecule has 0 aliphatic heterocycles. The van der Waals surface area contributed by atoms with E-state index in [-0.39, 0.29) is 23.1 Å².